The smallest absolute Gasteiger partial charge is 0.416 e. The van der Waals surface area contributed by atoms with Gasteiger partial charge in [-0.2, -0.15) is 26.3 Å². The summed E-state index contributed by atoms with van der Waals surface area (Å²) in [5.74, 6) is -0.909. The predicted molar refractivity (Wildman–Crippen MR) is 189 cm³/mol. The number of halogens is 6. The lowest BCUT2D eigenvalue weighted by molar-refractivity contribution is -0.143. The molecule has 1 spiro atoms. The highest BCUT2D eigenvalue weighted by molar-refractivity contribution is 5.95. The maximum Gasteiger partial charge on any atom is 0.416 e. The normalized spacial score (nSPS) is 20.6. The number of carbonyl (C=O) groups is 2. The quantitative estimate of drug-likeness (QED) is 0.237. The third kappa shape index (κ3) is 10.1. The van der Waals surface area contributed by atoms with E-state index in [9.17, 15) is 35.9 Å². The van der Waals surface area contributed by atoms with Gasteiger partial charge in [-0.05, 0) is 48.6 Å². The Balaban J connectivity index is 0.00000146. The van der Waals surface area contributed by atoms with Crippen molar-refractivity contribution in [3.8, 4) is 0 Å². The molecular formula is C40H49F6N3O3. The minimum Gasteiger partial charge on any atom is -0.443 e. The number of benzene rings is 3. The van der Waals surface area contributed by atoms with E-state index in [1.807, 2.05) is 76.2 Å². The van der Waals surface area contributed by atoms with Crippen LogP contribution in [0.3, 0.4) is 0 Å². The fourth-order valence-corrected chi connectivity index (χ4v) is 7.26. The molecule has 2 amide bonds. The summed E-state index contributed by atoms with van der Waals surface area (Å²) in [5, 5.41) is 0. The highest BCUT2D eigenvalue weighted by Gasteiger charge is 2.46. The molecule has 6 rings (SSSR count). The van der Waals surface area contributed by atoms with Crippen molar-refractivity contribution < 1.29 is 40.7 Å². The van der Waals surface area contributed by atoms with Crippen LogP contribution in [0.2, 0.25) is 0 Å². The summed E-state index contributed by atoms with van der Waals surface area (Å²) in [6, 6.07) is 19.4. The molecule has 3 aliphatic rings. The molecule has 0 aromatic heterocycles. The van der Waals surface area contributed by atoms with Gasteiger partial charge < -0.3 is 14.5 Å². The summed E-state index contributed by atoms with van der Waals surface area (Å²) in [6.45, 7) is 11.0. The molecule has 0 N–H and O–H groups in total. The van der Waals surface area contributed by atoms with E-state index in [1.54, 1.807) is 4.90 Å². The lowest BCUT2D eigenvalue weighted by Gasteiger charge is -2.49. The van der Waals surface area contributed by atoms with Gasteiger partial charge in [-0.1, -0.05) is 88.4 Å². The summed E-state index contributed by atoms with van der Waals surface area (Å²) < 4.78 is 87.7. The van der Waals surface area contributed by atoms with Crippen LogP contribution in [0.1, 0.15) is 92.4 Å². The molecule has 0 bridgehead atoms. The molecule has 0 aliphatic carbocycles. The fraction of sp³-hybridized carbons (Fsp3) is 0.500. The van der Waals surface area contributed by atoms with Crippen molar-refractivity contribution in [1.82, 2.24) is 14.7 Å². The minimum absolute atomic E-state index is 0.0202. The Bertz CT molecular complexity index is 1560. The maximum absolute atomic E-state index is 13.7. The van der Waals surface area contributed by atoms with E-state index < -0.39 is 52.7 Å². The van der Waals surface area contributed by atoms with Crippen molar-refractivity contribution in [2.75, 3.05) is 26.2 Å². The first-order valence-electron chi connectivity index (χ1n) is 18.2. The average Bonchev–Trinajstić information content (AvgIpc) is 3.14. The van der Waals surface area contributed by atoms with Crippen LogP contribution in [0.4, 0.5) is 31.1 Å². The molecule has 0 radical (unpaired) electrons. The number of nitrogens with zero attached hydrogens (tertiary/aromatic N) is 3. The second kappa shape index (κ2) is 17.6. The first-order valence-corrected chi connectivity index (χ1v) is 18.2. The van der Waals surface area contributed by atoms with Gasteiger partial charge in [0.1, 0.15) is 5.60 Å². The topological polar surface area (TPSA) is 53.1 Å². The first-order chi connectivity index (χ1) is 24.8. The predicted octanol–water partition coefficient (Wildman–Crippen LogP) is 9.87. The van der Waals surface area contributed by atoms with Gasteiger partial charge in [0.05, 0.1) is 11.1 Å². The van der Waals surface area contributed by atoms with E-state index in [1.165, 1.54) is 10.5 Å². The third-order valence-corrected chi connectivity index (χ3v) is 9.90. The molecule has 3 aliphatic heterocycles. The number of ether oxygens (including phenoxy) is 1. The monoisotopic (exact) mass is 733 g/mol. The maximum atomic E-state index is 13.7. The largest absolute Gasteiger partial charge is 0.443 e. The summed E-state index contributed by atoms with van der Waals surface area (Å²) in [4.78, 5) is 32.6. The second-order valence-corrected chi connectivity index (χ2v) is 13.1. The number of hydrogen-bond donors (Lipinski definition) is 0. The molecule has 3 aromatic carbocycles. The summed E-state index contributed by atoms with van der Waals surface area (Å²) >= 11 is 0. The molecule has 3 saturated heterocycles. The molecule has 52 heavy (non-hydrogen) atoms. The van der Waals surface area contributed by atoms with Crippen molar-refractivity contribution >= 4 is 12.0 Å². The van der Waals surface area contributed by atoms with E-state index in [0.717, 1.165) is 38.0 Å². The minimum atomic E-state index is -5.07. The highest BCUT2D eigenvalue weighted by Crippen LogP contribution is 2.39. The van der Waals surface area contributed by atoms with Crippen molar-refractivity contribution in [2.45, 2.75) is 103 Å². The number of carbonyl (C=O) groups excluding carboxylic acids is 2. The van der Waals surface area contributed by atoms with Gasteiger partial charge in [-0.25, -0.2) is 4.79 Å². The standard InChI is InChI=1S/C36H37F6N3O3.2C2H6/c37-35(38,39)28-20-27(21-29(22-28)36(40,41)42)32(46)44-15-11-30(23-31(44)19-25-7-3-1-4-8-25)45-18-14-34(48-33(45)47)12-16-43(17-13-34)24-26-9-5-2-6-10-26;2*1-2/h1-10,20-22,30-31H,11-19,23-24H2;2*1-2H3. The van der Waals surface area contributed by atoms with Gasteiger partial charge in [0.25, 0.3) is 5.91 Å². The average molecular weight is 734 g/mol. The highest BCUT2D eigenvalue weighted by atomic mass is 19.4. The van der Waals surface area contributed by atoms with Crippen molar-refractivity contribution in [1.29, 1.82) is 0 Å². The lowest BCUT2D eigenvalue weighted by Crippen LogP contribution is -2.59. The van der Waals surface area contributed by atoms with Gasteiger partial charge in [0.15, 0.2) is 0 Å². The zero-order valence-electron chi connectivity index (χ0n) is 30.3. The molecule has 12 heteroatoms. The van der Waals surface area contributed by atoms with Gasteiger partial charge in [0.2, 0.25) is 0 Å². The second-order valence-electron chi connectivity index (χ2n) is 13.1. The van der Waals surface area contributed by atoms with Crippen LogP contribution in [0.25, 0.3) is 0 Å². The Labute approximate surface area is 302 Å². The summed E-state index contributed by atoms with van der Waals surface area (Å²) in [5.41, 5.74) is -2.21. The summed E-state index contributed by atoms with van der Waals surface area (Å²) in [6.07, 6.45) is -7.53. The van der Waals surface area contributed by atoms with Gasteiger partial charge in [-0.15, -0.1) is 0 Å². The molecule has 3 heterocycles. The SMILES string of the molecule is CC.CC.O=C1OC2(CCN(Cc3ccccc3)CC2)CCN1C1CCN(C(=O)c2cc(C(F)(F)F)cc(C(F)(F)F)c2)C(Cc2ccccc2)C1. The van der Waals surface area contributed by atoms with E-state index in [2.05, 4.69) is 17.0 Å². The van der Waals surface area contributed by atoms with Crippen LogP contribution in [0.5, 0.6) is 0 Å². The lowest BCUT2D eigenvalue weighted by atomic mass is 9.85. The Morgan fingerprint density at radius 2 is 1.27 bits per heavy atom. The molecule has 3 aromatic rings. The summed E-state index contributed by atoms with van der Waals surface area (Å²) in [7, 11) is 0. The van der Waals surface area contributed by atoms with E-state index in [0.29, 0.717) is 44.4 Å². The molecule has 2 atom stereocenters. The molecule has 2 unspecified atom stereocenters. The van der Waals surface area contributed by atoms with Crippen LogP contribution >= 0.6 is 0 Å². The van der Waals surface area contributed by atoms with E-state index in [4.69, 9.17) is 4.74 Å². The first kappa shape index (κ1) is 40.7. The number of alkyl halides is 6. The molecule has 6 nitrogen and oxygen atoms in total. The molecule has 3 fully saturated rings. The van der Waals surface area contributed by atoms with Gasteiger partial charge in [-0.3, -0.25) is 9.69 Å². The van der Waals surface area contributed by atoms with Crippen LogP contribution < -0.4 is 0 Å². The van der Waals surface area contributed by atoms with Crippen LogP contribution in [0.15, 0.2) is 78.9 Å². The zero-order chi connectivity index (χ0) is 38.1. The van der Waals surface area contributed by atoms with Crippen molar-refractivity contribution in [3.05, 3.63) is 107 Å². The number of hydrogen-bond acceptors (Lipinski definition) is 4. The van der Waals surface area contributed by atoms with E-state index in [-0.39, 0.29) is 18.7 Å². The third-order valence-electron chi connectivity index (χ3n) is 9.90. The van der Waals surface area contributed by atoms with Gasteiger partial charge in [0, 0.05) is 69.6 Å². The number of amides is 2. The Morgan fingerprint density at radius 1 is 0.750 bits per heavy atom. The number of piperidine rings is 2. The van der Waals surface area contributed by atoms with Crippen LogP contribution in [-0.2, 0) is 30.1 Å². The fourth-order valence-electron chi connectivity index (χ4n) is 7.26. The Kier molecular flexibility index (Phi) is 13.8. The van der Waals surface area contributed by atoms with Gasteiger partial charge >= 0.3 is 18.4 Å². The Morgan fingerprint density at radius 3 is 1.79 bits per heavy atom. The molecule has 0 saturated carbocycles. The number of rotatable bonds is 6. The van der Waals surface area contributed by atoms with E-state index >= 15 is 0 Å². The zero-order valence-corrected chi connectivity index (χ0v) is 30.3. The Hall–Kier alpha value is -4.06. The van der Waals surface area contributed by atoms with Crippen LogP contribution in [-0.4, -0.2) is 70.6 Å². The van der Waals surface area contributed by atoms with Crippen LogP contribution in [0, 0.1) is 0 Å². The van der Waals surface area contributed by atoms with Crippen molar-refractivity contribution in [3.63, 3.8) is 0 Å². The molecule has 284 valence electrons. The van der Waals surface area contributed by atoms with Crippen molar-refractivity contribution in [2.24, 2.45) is 0 Å². The molecular weight excluding hydrogens is 684 g/mol. The number of likely N-dealkylation sites (tertiary alicyclic amines) is 2.